The largest absolute Gasteiger partial charge is 0.462 e. The molecule has 2 N–H and O–H groups in total. The van der Waals surface area contributed by atoms with E-state index >= 15 is 0 Å². The van der Waals surface area contributed by atoms with E-state index in [0.29, 0.717) is 0 Å². The number of hydrogen-bond acceptors (Lipinski definition) is 2. The van der Waals surface area contributed by atoms with Crippen molar-refractivity contribution in [3.05, 3.63) is 0 Å². The molecule has 0 fully saturated rings. The lowest BCUT2D eigenvalue weighted by Gasteiger charge is -2.34. The number of rotatable bonds is 4. The molecule has 13 heteroatoms. The lowest BCUT2D eigenvalue weighted by Crippen LogP contribution is -2.61. The second-order valence-electron chi connectivity index (χ2n) is 3.12. The molecule has 2 nitrogen and oxygen atoms in total. The monoisotopic (exact) mass is 315 g/mol. The highest BCUT2D eigenvalue weighted by Crippen LogP contribution is 2.50. The SMILES string of the molecule is NCC(F)(OC(F)(F)C(F)(F)C(F)(F)F)C(F)(F)F. The van der Waals surface area contributed by atoms with Gasteiger partial charge in [0.05, 0.1) is 6.54 Å². The van der Waals surface area contributed by atoms with Crippen LogP contribution in [0.15, 0.2) is 0 Å². The minimum Gasteiger partial charge on any atom is -0.325 e. The van der Waals surface area contributed by atoms with E-state index < -0.39 is 36.8 Å². The van der Waals surface area contributed by atoms with Gasteiger partial charge in [-0.1, -0.05) is 0 Å². The maximum Gasteiger partial charge on any atom is 0.462 e. The molecule has 0 amide bonds. The van der Waals surface area contributed by atoms with Gasteiger partial charge in [-0.25, -0.2) is 4.39 Å². The van der Waals surface area contributed by atoms with Gasteiger partial charge in [0.15, 0.2) is 0 Å². The molecule has 0 aliphatic rings. The first-order valence-electron chi connectivity index (χ1n) is 4.00. The number of halogens is 11. The van der Waals surface area contributed by atoms with E-state index in [-0.39, 0.29) is 0 Å². The van der Waals surface area contributed by atoms with Gasteiger partial charge in [-0.05, 0) is 0 Å². The van der Waals surface area contributed by atoms with Crippen molar-refractivity contribution >= 4 is 0 Å². The first kappa shape index (κ1) is 18.1. The second-order valence-corrected chi connectivity index (χ2v) is 3.12. The van der Waals surface area contributed by atoms with Crippen LogP contribution in [0.5, 0.6) is 0 Å². The second kappa shape index (κ2) is 4.61. The van der Waals surface area contributed by atoms with Crippen molar-refractivity contribution in [2.45, 2.75) is 30.2 Å². The summed E-state index contributed by atoms with van der Waals surface area (Å²) in [7, 11) is 0. The van der Waals surface area contributed by atoms with Crippen LogP contribution in [0.4, 0.5) is 48.3 Å². The van der Waals surface area contributed by atoms with E-state index in [1.165, 1.54) is 0 Å². The quantitative estimate of drug-likeness (QED) is 0.810. The average molecular weight is 315 g/mol. The smallest absolute Gasteiger partial charge is 0.325 e. The standard InChI is InChI=1S/C6H4F11NO/c7-2(1-18,4(10,11)12)19-6(16,17)3(8,9)5(13,14)15/h1,18H2. The van der Waals surface area contributed by atoms with Crippen molar-refractivity contribution in [2.75, 3.05) is 6.54 Å². The molecule has 0 saturated carbocycles. The van der Waals surface area contributed by atoms with Gasteiger partial charge in [-0.3, -0.25) is 4.74 Å². The van der Waals surface area contributed by atoms with E-state index in [0.717, 1.165) is 0 Å². The molecule has 0 aromatic carbocycles. The predicted molar refractivity (Wildman–Crippen MR) is 36.0 cm³/mol. The zero-order valence-electron chi connectivity index (χ0n) is 8.35. The topological polar surface area (TPSA) is 35.2 Å². The van der Waals surface area contributed by atoms with E-state index in [1.807, 2.05) is 4.74 Å². The summed E-state index contributed by atoms with van der Waals surface area (Å²) in [6.45, 7) is -2.44. The summed E-state index contributed by atoms with van der Waals surface area (Å²) < 4.78 is 134. The molecule has 0 heterocycles. The molecule has 1 unspecified atom stereocenters. The van der Waals surface area contributed by atoms with Crippen molar-refractivity contribution in [2.24, 2.45) is 5.73 Å². The summed E-state index contributed by atoms with van der Waals surface area (Å²) in [6.07, 6.45) is -20.1. The normalized spacial score (nSPS) is 18.3. The zero-order chi connectivity index (χ0) is 15.9. The Morgan fingerprint density at radius 2 is 1.05 bits per heavy atom. The van der Waals surface area contributed by atoms with Gasteiger partial charge < -0.3 is 5.73 Å². The maximum absolute atomic E-state index is 12.8. The summed E-state index contributed by atoms with van der Waals surface area (Å²) >= 11 is 0. The molecule has 0 bridgehead atoms. The van der Waals surface area contributed by atoms with E-state index in [1.54, 1.807) is 0 Å². The highest BCUT2D eigenvalue weighted by Gasteiger charge is 2.78. The van der Waals surface area contributed by atoms with Gasteiger partial charge in [-0.15, -0.1) is 0 Å². The molecule has 0 rings (SSSR count). The molecule has 0 spiro atoms. The zero-order valence-corrected chi connectivity index (χ0v) is 8.35. The Bertz CT molecular complexity index is 320. The molecule has 0 aromatic heterocycles. The minimum absolute atomic E-state index is 2.01. The molecule has 0 aliphatic carbocycles. The molecule has 0 saturated heterocycles. The summed E-state index contributed by atoms with van der Waals surface area (Å²) in [5.74, 6) is -12.6. The molecule has 116 valence electrons. The summed E-state index contributed by atoms with van der Waals surface area (Å²) in [5, 5.41) is 0. The van der Waals surface area contributed by atoms with Gasteiger partial charge in [0.2, 0.25) is 0 Å². The summed E-state index contributed by atoms with van der Waals surface area (Å²) in [5.41, 5.74) is 4.07. The fourth-order valence-corrected chi connectivity index (χ4v) is 0.648. The third-order valence-electron chi connectivity index (χ3n) is 1.70. The first-order valence-corrected chi connectivity index (χ1v) is 4.00. The predicted octanol–water partition coefficient (Wildman–Crippen LogP) is 2.98. The molecular weight excluding hydrogens is 311 g/mol. The molecular formula is C6H4F11NO. The van der Waals surface area contributed by atoms with Crippen LogP contribution in [0.1, 0.15) is 0 Å². The van der Waals surface area contributed by atoms with Gasteiger partial charge in [0.25, 0.3) is 0 Å². The van der Waals surface area contributed by atoms with Crippen LogP contribution >= 0.6 is 0 Å². The molecule has 0 aliphatic heterocycles. The Balaban J connectivity index is 5.48. The molecule has 0 radical (unpaired) electrons. The van der Waals surface area contributed by atoms with Crippen LogP contribution in [0.3, 0.4) is 0 Å². The van der Waals surface area contributed by atoms with Crippen molar-refractivity contribution in [3.8, 4) is 0 Å². The number of ether oxygens (including phenoxy) is 1. The third-order valence-corrected chi connectivity index (χ3v) is 1.70. The number of nitrogens with two attached hydrogens (primary N) is 1. The van der Waals surface area contributed by atoms with Gasteiger partial charge in [0.1, 0.15) is 0 Å². The lowest BCUT2D eigenvalue weighted by atomic mass is 10.2. The molecule has 19 heavy (non-hydrogen) atoms. The fraction of sp³-hybridized carbons (Fsp3) is 1.00. The Kier molecular flexibility index (Phi) is 4.40. The van der Waals surface area contributed by atoms with Crippen LogP contribution < -0.4 is 5.73 Å². The van der Waals surface area contributed by atoms with Crippen molar-refractivity contribution in [1.82, 2.24) is 0 Å². The van der Waals surface area contributed by atoms with Crippen molar-refractivity contribution in [3.63, 3.8) is 0 Å². The van der Waals surface area contributed by atoms with Crippen molar-refractivity contribution in [1.29, 1.82) is 0 Å². The van der Waals surface area contributed by atoms with Gasteiger partial charge >= 0.3 is 30.2 Å². The minimum atomic E-state index is -7.04. The van der Waals surface area contributed by atoms with Gasteiger partial charge in [0, 0.05) is 0 Å². The van der Waals surface area contributed by atoms with Crippen LogP contribution in [0.2, 0.25) is 0 Å². The van der Waals surface area contributed by atoms with Crippen molar-refractivity contribution < 1.29 is 53.0 Å². The Hall–Kier alpha value is -0.850. The van der Waals surface area contributed by atoms with Crippen LogP contribution in [-0.2, 0) is 4.74 Å². The maximum atomic E-state index is 12.8. The first-order chi connectivity index (χ1) is 8.02. The highest BCUT2D eigenvalue weighted by atomic mass is 19.4. The Morgan fingerprint density at radius 1 is 0.684 bits per heavy atom. The van der Waals surface area contributed by atoms with E-state index in [9.17, 15) is 48.3 Å². The number of alkyl halides is 11. The highest BCUT2D eigenvalue weighted by molar-refractivity contribution is 4.89. The van der Waals surface area contributed by atoms with Gasteiger partial charge in [-0.2, -0.15) is 43.9 Å². The van der Waals surface area contributed by atoms with Crippen LogP contribution in [-0.4, -0.2) is 36.8 Å². The Morgan fingerprint density at radius 3 is 1.26 bits per heavy atom. The fourth-order valence-electron chi connectivity index (χ4n) is 0.648. The molecule has 0 aromatic rings. The summed E-state index contributed by atoms with van der Waals surface area (Å²) in [6, 6.07) is 0. The van der Waals surface area contributed by atoms with Crippen LogP contribution in [0, 0.1) is 0 Å². The van der Waals surface area contributed by atoms with E-state index in [2.05, 4.69) is 5.73 Å². The average Bonchev–Trinajstić information content (AvgIpc) is 2.12. The van der Waals surface area contributed by atoms with Crippen LogP contribution in [0.25, 0.3) is 0 Å². The van der Waals surface area contributed by atoms with E-state index in [4.69, 9.17) is 0 Å². The lowest BCUT2D eigenvalue weighted by molar-refractivity contribution is -0.480. The third kappa shape index (κ3) is 3.19. The molecule has 1 atom stereocenters. The number of hydrogen-bond donors (Lipinski definition) is 1. The Labute approximate surface area is 96.8 Å². The summed E-state index contributed by atoms with van der Waals surface area (Å²) in [4.78, 5) is 0.